The van der Waals surface area contributed by atoms with Gasteiger partial charge in [-0.05, 0) is 61.7 Å². The van der Waals surface area contributed by atoms with E-state index in [0.717, 1.165) is 34.5 Å². The monoisotopic (exact) mass is 272 g/mol. The highest BCUT2D eigenvalue weighted by atomic mass is 19.1. The van der Waals surface area contributed by atoms with E-state index in [2.05, 4.69) is 16.4 Å². The molecule has 0 bridgehead atoms. The van der Waals surface area contributed by atoms with Crippen molar-refractivity contribution in [2.45, 2.75) is 33.7 Å². The molecule has 1 aromatic heterocycles. The number of pyridine rings is 1. The van der Waals surface area contributed by atoms with Gasteiger partial charge in [0.25, 0.3) is 0 Å². The van der Waals surface area contributed by atoms with Gasteiger partial charge in [0.2, 0.25) is 0 Å². The molecular weight excluding hydrogens is 251 g/mol. The molecule has 0 aliphatic rings. The molecule has 0 amide bonds. The second-order valence-corrected chi connectivity index (χ2v) is 5.21. The lowest BCUT2D eigenvalue weighted by atomic mass is 9.95. The molecule has 0 fully saturated rings. The van der Waals surface area contributed by atoms with Crippen molar-refractivity contribution < 1.29 is 4.39 Å². The van der Waals surface area contributed by atoms with E-state index in [1.54, 1.807) is 6.07 Å². The van der Waals surface area contributed by atoms with Crippen molar-refractivity contribution in [2.24, 2.45) is 0 Å². The minimum atomic E-state index is -0.210. The zero-order valence-electron chi connectivity index (χ0n) is 12.5. The van der Waals surface area contributed by atoms with Crippen LogP contribution in [0.1, 0.15) is 40.9 Å². The Morgan fingerprint density at radius 3 is 2.55 bits per heavy atom. The van der Waals surface area contributed by atoms with E-state index in [0.29, 0.717) is 0 Å². The molecule has 0 aliphatic carbocycles. The quantitative estimate of drug-likeness (QED) is 0.914. The SMILES string of the molecule is CCNC(c1cc(F)ccc1C)c1ncc(C)cc1C. The Morgan fingerprint density at radius 2 is 1.90 bits per heavy atom. The topological polar surface area (TPSA) is 24.9 Å². The summed E-state index contributed by atoms with van der Waals surface area (Å²) in [6, 6.07) is 6.96. The number of nitrogens with one attached hydrogen (secondary N) is 1. The van der Waals surface area contributed by atoms with E-state index in [9.17, 15) is 4.39 Å². The van der Waals surface area contributed by atoms with Crippen LogP contribution in [0.4, 0.5) is 4.39 Å². The average Bonchev–Trinajstić information content (AvgIpc) is 2.40. The van der Waals surface area contributed by atoms with Gasteiger partial charge < -0.3 is 5.32 Å². The summed E-state index contributed by atoms with van der Waals surface area (Å²) in [7, 11) is 0. The summed E-state index contributed by atoms with van der Waals surface area (Å²) in [5.74, 6) is -0.210. The van der Waals surface area contributed by atoms with Gasteiger partial charge in [-0.3, -0.25) is 4.98 Å². The molecule has 1 heterocycles. The van der Waals surface area contributed by atoms with Gasteiger partial charge in [-0.15, -0.1) is 0 Å². The van der Waals surface area contributed by atoms with Crippen LogP contribution in [0.15, 0.2) is 30.5 Å². The Morgan fingerprint density at radius 1 is 1.15 bits per heavy atom. The zero-order valence-corrected chi connectivity index (χ0v) is 12.5. The van der Waals surface area contributed by atoms with Gasteiger partial charge in [0, 0.05) is 6.20 Å². The highest BCUT2D eigenvalue weighted by Gasteiger charge is 2.19. The van der Waals surface area contributed by atoms with E-state index in [4.69, 9.17) is 0 Å². The highest BCUT2D eigenvalue weighted by Crippen LogP contribution is 2.26. The molecule has 0 saturated heterocycles. The van der Waals surface area contributed by atoms with Crippen LogP contribution in [-0.2, 0) is 0 Å². The summed E-state index contributed by atoms with van der Waals surface area (Å²) < 4.78 is 13.6. The first kappa shape index (κ1) is 14.7. The van der Waals surface area contributed by atoms with Gasteiger partial charge in [-0.25, -0.2) is 4.39 Å². The molecule has 1 atom stereocenters. The molecule has 0 radical (unpaired) electrons. The van der Waals surface area contributed by atoms with Crippen molar-refractivity contribution in [1.29, 1.82) is 0 Å². The normalized spacial score (nSPS) is 12.4. The van der Waals surface area contributed by atoms with Gasteiger partial charge in [0.05, 0.1) is 11.7 Å². The van der Waals surface area contributed by atoms with Gasteiger partial charge in [-0.2, -0.15) is 0 Å². The predicted octanol–water partition coefficient (Wildman–Crippen LogP) is 3.84. The molecule has 0 saturated carbocycles. The van der Waals surface area contributed by atoms with Crippen LogP contribution in [0.2, 0.25) is 0 Å². The average molecular weight is 272 g/mol. The summed E-state index contributed by atoms with van der Waals surface area (Å²) in [5, 5.41) is 3.41. The fourth-order valence-electron chi connectivity index (χ4n) is 2.51. The molecule has 0 spiro atoms. The van der Waals surface area contributed by atoms with Crippen LogP contribution >= 0.6 is 0 Å². The minimum absolute atomic E-state index is 0.0729. The largest absolute Gasteiger partial charge is 0.305 e. The third-order valence-electron chi connectivity index (χ3n) is 3.49. The highest BCUT2D eigenvalue weighted by molar-refractivity contribution is 5.38. The van der Waals surface area contributed by atoms with Crippen molar-refractivity contribution in [3.8, 4) is 0 Å². The number of rotatable bonds is 4. The molecule has 1 unspecified atom stereocenters. The third kappa shape index (κ3) is 3.05. The van der Waals surface area contributed by atoms with Crippen molar-refractivity contribution in [3.05, 3.63) is 64.2 Å². The summed E-state index contributed by atoms with van der Waals surface area (Å²) in [5.41, 5.74) is 5.24. The summed E-state index contributed by atoms with van der Waals surface area (Å²) >= 11 is 0. The van der Waals surface area contributed by atoms with E-state index >= 15 is 0 Å². The lowest BCUT2D eigenvalue weighted by Crippen LogP contribution is -2.24. The number of aromatic nitrogens is 1. The van der Waals surface area contributed by atoms with Crippen LogP contribution in [-0.4, -0.2) is 11.5 Å². The molecule has 2 aromatic rings. The number of hydrogen-bond acceptors (Lipinski definition) is 2. The zero-order chi connectivity index (χ0) is 14.7. The van der Waals surface area contributed by atoms with Crippen LogP contribution in [0.5, 0.6) is 0 Å². The third-order valence-corrected chi connectivity index (χ3v) is 3.49. The number of halogens is 1. The first-order valence-electron chi connectivity index (χ1n) is 6.95. The number of hydrogen-bond donors (Lipinski definition) is 1. The first-order chi connectivity index (χ1) is 9.52. The molecule has 2 rings (SSSR count). The van der Waals surface area contributed by atoms with E-state index in [1.807, 2.05) is 40.0 Å². The Labute approximate surface area is 120 Å². The molecule has 20 heavy (non-hydrogen) atoms. The van der Waals surface area contributed by atoms with Gasteiger partial charge in [0.1, 0.15) is 5.82 Å². The van der Waals surface area contributed by atoms with Gasteiger partial charge in [0.15, 0.2) is 0 Å². The fourth-order valence-corrected chi connectivity index (χ4v) is 2.51. The van der Waals surface area contributed by atoms with Crippen LogP contribution < -0.4 is 5.32 Å². The molecule has 2 nitrogen and oxygen atoms in total. The van der Waals surface area contributed by atoms with E-state index in [1.165, 1.54) is 6.07 Å². The second-order valence-electron chi connectivity index (χ2n) is 5.21. The number of nitrogens with zero attached hydrogens (tertiary/aromatic N) is 1. The van der Waals surface area contributed by atoms with E-state index < -0.39 is 0 Å². The van der Waals surface area contributed by atoms with Crippen molar-refractivity contribution in [3.63, 3.8) is 0 Å². The van der Waals surface area contributed by atoms with E-state index in [-0.39, 0.29) is 11.9 Å². The van der Waals surface area contributed by atoms with Crippen molar-refractivity contribution in [1.82, 2.24) is 10.3 Å². The lowest BCUT2D eigenvalue weighted by Gasteiger charge is -2.22. The molecule has 0 aliphatic heterocycles. The van der Waals surface area contributed by atoms with Crippen LogP contribution in [0.3, 0.4) is 0 Å². The number of benzene rings is 1. The fraction of sp³-hybridized carbons (Fsp3) is 0.353. The van der Waals surface area contributed by atoms with Crippen LogP contribution in [0.25, 0.3) is 0 Å². The summed E-state index contributed by atoms with van der Waals surface area (Å²) in [6.07, 6.45) is 1.86. The molecular formula is C17H21FN2. The maximum Gasteiger partial charge on any atom is 0.123 e. The maximum atomic E-state index is 13.6. The molecule has 1 N–H and O–H groups in total. The van der Waals surface area contributed by atoms with Gasteiger partial charge >= 0.3 is 0 Å². The van der Waals surface area contributed by atoms with Crippen molar-refractivity contribution in [2.75, 3.05) is 6.54 Å². The Balaban J connectivity index is 2.53. The second kappa shape index (κ2) is 6.14. The maximum absolute atomic E-state index is 13.6. The smallest absolute Gasteiger partial charge is 0.123 e. The minimum Gasteiger partial charge on any atom is -0.305 e. The van der Waals surface area contributed by atoms with Crippen molar-refractivity contribution >= 4 is 0 Å². The standard InChI is InChI=1S/C17H21FN2/c1-5-19-17(15-9-14(18)7-6-12(15)3)16-13(4)8-11(2)10-20-16/h6-10,17,19H,5H2,1-4H3. The summed E-state index contributed by atoms with van der Waals surface area (Å²) in [4.78, 5) is 4.56. The number of aryl methyl sites for hydroxylation is 3. The lowest BCUT2D eigenvalue weighted by molar-refractivity contribution is 0.590. The molecule has 1 aromatic carbocycles. The van der Waals surface area contributed by atoms with Crippen LogP contribution in [0, 0.1) is 26.6 Å². The van der Waals surface area contributed by atoms with Gasteiger partial charge in [-0.1, -0.05) is 19.1 Å². The Kier molecular flexibility index (Phi) is 4.50. The predicted molar refractivity (Wildman–Crippen MR) is 80.4 cm³/mol. The molecule has 3 heteroatoms. The summed E-state index contributed by atoms with van der Waals surface area (Å²) in [6.45, 7) is 8.93. The Hall–Kier alpha value is -1.74. The molecule has 106 valence electrons. The first-order valence-corrected chi connectivity index (χ1v) is 6.95. The Bertz CT molecular complexity index is 608.